The fraction of sp³-hybridized carbons (Fsp3) is 0.533. The summed E-state index contributed by atoms with van der Waals surface area (Å²) in [5.41, 5.74) is 0.263. The molecule has 0 unspecified atom stereocenters. The molecule has 0 aromatic rings. The predicted octanol–water partition coefficient (Wildman–Crippen LogP) is 0.0582. The Bertz CT molecular complexity index is 570. The molecule has 2 heterocycles. The van der Waals surface area contributed by atoms with Gasteiger partial charge in [0.05, 0.1) is 18.1 Å². The lowest BCUT2D eigenvalue weighted by molar-refractivity contribution is -0.158. The van der Waals surface area contributed by atoms with Crippen LogP contribution in [-0.4, -0.2) is 63.2 Å². The van der Waals surface area contributed by atoms with Crippen molar-refractivity contribution < 1.29 is 39.2 Å². The highest BCUT2D eigenvalue weighted by Crippen LogP contribution is 2.26. The minimum absolute atomic E-state index is 0.0469. The summed E-state index contributed by atoms with van der Waals surface area (Å²) in [5.74, 6) is -3.28. The average molecular weight is 341 g/mol. The standard InChI is InChI=1S/C15H19NO8/c17-11(15(21)22)6-13(18)23-8-10-3-4-12(24-10)16-5-1-2-9(7-16)14(19)20/h1,5,7,10-12,17H,2-4,6,8H2,(H,19,20)(H,21,22)/t10-,11-,12+/m0/s1. The van der Waals surface area contributed by atoms with Crippen LogP contribution in [0.2, 0.25) is 0 Å². The summed E-state index contributed by atoms with van der Waals surface area (Å²) >= 11 is 0. The molecule has 2 aliphatic rings. The Morgan fingerprint density at radius 3 is 2.75 bits per heavy atom. The normalized spacial score (nSPS) is 24.4. The van der Waals surface area contributed by atoms with E-state index in [1.807, 2.05) is 0 Å². The number of carbonyl (C=O) groups is 3. The molecule has 0 aromatic heterocycles. The largest absolute Gasteiger partial charge is 0.479 e. The first-order valence-corrected chi connectivity index (χ1v) is 7.47. The van der Waals surface area contributed by atoms with Crippen molar-refractivity contribution in [1.29, 1.82) is 0 Å². The van der Waals surface area contributed by atoms with Gasteiger partial charge in [0, 0.05) is 18.8 Å². The van der Waals surface area contributed by atoms with Crippen molar-refractivity contribution in [2.75, 3.05) is 6.61 Å². The first-order valence-electron chi connectivity index (χ1n) is 7.47. The highest BCUT2D eigenvalue weighted by Gasteiger charge is 2.30. The van der Waals surface area contributed by atoms with Crippen LogP contribution in [0.3, 0.4) is 0 Å². The van der Waals surface area contributed by atoms with Crippen molar-refractivity contribution in [3.8, 4) is 0 Å². The molecule has 0 amide bonds. The average Bonchev–Trinajstić information content (AvgIpc) is 3.02. The van der Waals surface area contributed by atoms with Gasteiger partial charge in [0.25, 0.3) is 0 Å². The van der Waals surface area contributed by atoms with Gasteiger partial charge in [-0.15, -0.1) is 0 Å². The van der Waals surface area contributed by atoms with E-state index in [1.54, 1.807) is 17.2 Å². The molecule has 0 saturated carbocycles. The van der Waals surface area contributed by atoms with Gasteiger partial charge < -0.3 is 29.7 Å². The van der Waals surface area contributed by atoms with E-state index in [0.717, 1.165) is 0 Å². The molecule has 0 radical (unpaired) electrons. The van der Waals surface area contributed by atoms with Crippen molar-refractivity contribution in [3.05, 3.63) is 24.0 Å². The van der Waals surface area contributed by atoms with Crippen molar-refractivity contribution in [2.24, 2.45) is 0 Å². The molecule has 1 saturated heterocycles. The third-order valence-electron chi connectivity index (χ3n) is 3.69. The van der Waals surface area contributed by atoms with E-state index in [2.05, 4.69) is 0 Å². The van der Waals surface area contributed by atoms with Crippen molar-refractivity contribution >= 4 is 17.9 Å². The number of hydrogen-bond acceptors (Lipinski definition) is 7. The molecule has 1 fully saturated rings. The van der Waals surface area contributed by atoms with Crippen LogP contribution in [-0.2, 0) is 23.9 Å². The minimum atomic E-state index is -1.78. The monoisotopic (exact) mass is 341 g/mol. The predicted molar refractivity (Wildman–Crippen MR) is 78.4 cm³/mol. The third kappa shape index (κ3) is 4.80. The molecule has 24 heavy (non-hydrogen) atoms. The lowest BCUT2D eigenvalue weighted by atomic mass is 10.1. The van der Waals surface area contributed by atoms with Crippen molar-refractivity contribution in [2.45, 2.75) is 44.1 Å². The molecule has 132 valence electrons. The summed E-state index contributed by atoms with van der Waals surface area (Å²) in [4.78, 5) is 34.5. The molecular formula is C15H19NO8. The Labute approximate surface area is 137 Å². The Morgan fingerprint density at radius 1 is 1.33 bits per heavy atom. The van der Waals surface area contributed by atoms with E-state index in [0.29, 0.717) is 19.3 Å². The summed E-state index contributed by atoms with van der Waals surface area (Å²) in [6, 6.07) is 0. The number of nitrogens with zero attached hydrogens (tertiary/aromatic N) is 1. The minimum Gasteiger partial charge on any atom is -0.479 e. The van der Waals surface area contributed by atoms with E-state index in [9.17, 15) is 14.4 Å². The lowest BCUT2D eigenvalue weighted by Crippen LogP contribution is -2.30. The number of esters is 1. The van der Waals surface area contributed by atoms with Crippen LogP contribution in [0, 0.1) is 0 Å². The van der Waals surface area contributed by atoms with Crippen LogP contribution in [0.4, 0.5) is 0 Å². The van der Waals surface area contributed by atoms with Gasteiger partial charge in [-0.25, -0.2) is 9.59 Å². The number of carboxylic acid groups (broad SMARTS) is 2. The van der Waals surface area contributed by atoms with Gasteiger partial charge in [0.1, 0.15) is 12.8 Å². The highest BCUT2D eigenvalue weighted by atomic mass is 16.6. The van der Waals surface area contributed by atoms with E-state index < -0.39 is 30.4 Å². The number of hydrogen-bond donors (Lipinski definition) is 3. The fourth-order valence-corrected chi connectivity index (χ4v) is 2.42. The number of ether oxygens (including phenoxy) is 2. The zero-order valence-electron chi connectivity index (χ0n) is 12.8. The number of aliphatic carboxylic acids is 2. The zero-order valence-corrected chi connectivity index (χ0v) is 12.8. The fourth-order valence-electron chi connectivity index (χ4n) is 2.42. The van der Waals surface area contributed by atoms with Crippen LogP contribution < -0.4 is 0 Å². The zero-order chi connectivity index (χ0) is 17.7. The maximum atomic E-state index is 11.4. The number of allylic oxidation sites excluding steroid dienone is 1. The lowest BCUT2D eigenvalue weighted by Gasteiger charge is -2.26. The van der Waals surface area contributed by atoms with Crippen molar-refractivity contribution in [3.63, 3.8) is 0 Å². The van der Waals surface area contributed by atoms with Gasteiger partial charge in [0.2, 0.25) is 0 Å². The molecule has 3 atom stereocenters. The van der Waals surface area contributed by atoms with E-state index >= 15 is 0 Å². The SMILES string of the molecule is O=C(C[C@H](O)C(=O)O)OC[C@@H]1CC[C@H](N2C=CCC(C(=O)O)=C2)O1. The second kappa shape index (κ2) is 7.93. The maximum absolute atomic E-state index is 11.4. The maximum Gasteiger partial charge on any atom is 0.333 e. The molecule has 0 aromatic carbocycles. The number of carbonyl (C=O) groups excluding carboxylic acids is 1. The number of aliphatic hydroxyl groups excluding tert-OH is 1. The second-order valence-corrected chi connectivity index (χ2v) is 5.53. The summed E-state index contributed by atoms with van der Waals surface area (Å²) in [5, 5.41) is 26.6. The van der Waals surface area contributed by atoms with E-state index in [1.165, 1.54) is 6.20 Å². The van der Waals surface area contributed by atoms with Gasteiger partial charge in [0.15, 0.2) is 6.10 Å². The molecule has 2 rings (SSSR count). The van der Waals surface area contributed by atoms with Crippen LogP contribution in [0.15, 0.2) is 24.0 Å². The quantitative estimate of drug-likeness (QED) is 0.549. The summed E-state index contributed by atoms with van der Waals surface area (Å²) in [7, 11) is 0. The summed E-state index contributed by atoms with van der Waals surface area (Å²) in [6.45, 7) is -0.0469. The Balaban J connectivity index is 1.78. The summed E-state index contributed by atoms with van der Waals surface area (Å²) < 4.78 is 10.6. The molecule has 0 aliphatic carbocycles. The third-order valence-corrected chi connectivity index (χ3v) is 3.69. The van der Waals surface area contributed by atoms with Gasteiger partial charge in [-0.1, -0.05) is 6.08 Å². The van der Waals surface area contributed by atoms with Crippen LogP contribution in [0.1, 0.15) is 25.7 Å². The molecular weight excluding hydrogens is 322 g/mol. The molecule has 9 nitrogen and oxygen atoms in total. The molecule has 0 spiro atoms. The van der Waals surface area contributed by atoms with Gasteiger partial charge in [-0.2, -0.15) is 0 Å². The molecule has 2 aliphatic heterocycles. The van der Waals surface area contributed by atoms with Gasteiger partial charge >= 0.3 is 17.9 Å². The first kappa shape index (κ1) is 18.0. The Morgan fingerprint density at radius 2 is 2.08 bits per heavy atom. The molecule has 3 N–H and O–H groups in total. The Hall–Kier alpha value is -2.39. The number of carboxylic acids is 2. The van der Waals surface area contributed by atoms with Crippen LogP contribution >= 0.6 is 0 Å². The topological polar surface area (TPSA) is 134 Å². The smallest absolute Gasteiger partial charge is 0.333 e. The Kier molecular flexibility index (Phi) is 5.93. The second-order valence-electron chi connectivity index (χ2n) is 5.53. The number of aliphatic hydroxyl groups is 1. The van der Waals surface area contributed by atoms with E-state index in [-0.39, 0.29) is 24.5 Å². The van der Waals surface area contributed by atoms with Crippen molar-refractivity contribution in [1.82, 2.24) is 4.90 Å². The number of rotatable bonds is 7. The van der Waals surface area contributed by atoms with Gasteiger partial charge in [-0.3, -0.25) is 4.79 Å². The van der Waals surface area contributed by atoms with Crippen LogP contribution in [0.25, 0.3) is 0 Å². The van der Waals surface area contributed by atoms with Crippen LogP contribution in [0.5, 0.6) is 0 Å². The molecule has 9 heteroatoms. The highest BCUT2D eigenvalue weighted by molar-refractivity contribution is 5.87. The van der Waals surface area contributed by atoms with E-state index in [4.69, 9.17) is 24.8 Å². The first-order chi connectivity index (χ1) is 11.4. The molecule has 0 bridgehead atoms. The van der Waals surface area contributed by atoms with Gasteiger partial charge in [-0.05, 0) is 12.8 Å². The summed E-state index contributed by atoms with van der Waals surface area (Å²) in [6.07, 6.45) is 3.48.